The van der Waals surface area contributed by atoms with Crippen LogP contribution in [0.4, 0.5) is 8.78 Å². The summed E-state index contributed by atoms with van der Waals surface area (Å²) in [6.07, 6.45) is -1.61. The number of hydrogen-bond acceptors (Lipinski definition) is 4. The molecule has 0 spiro atoms. The molecular weight excluding hydrogens is 302 g/mol. The van der Waals surface area contributed by atoms with Gasteiger partial charge in [0, 0.05) is 37.8 Å². The summed E-state index contributed by atoms with van der Waals surface area (Å²) in [5.41, 5.74) is 0.808. The van der Waals surface area contributed by atoms with Crippen LogP contribution < -0.4 is 14.8 Å². The fraction of sp³-hybridized carbons (Fsp3) is 0.647. The summed E-state index contributed by atoms with van der Waals surface area (Å²) >= 11 is 0. The number of nitrogens with one attached hydrogen (secondary N) is 1. The Kier molecular flexibility index (Phi) is 4.73. The predicted octanol–water partition coefficient (Wildman–Crippen LogP) is 3.39. The van der Waals surface area contributed by atoms with Crippen molar-refractivity contribution < 1.29 is 18.3 Å². The van der Waals surface area contributed by atoms with E-state index in [9.17, 15) is 8.78 Å². The zero-order valence-electron chi connectivity index (χ0n) is 13.6. The van der Waals surface area contributed by atoms with Crippen molar-refractivity contribution in [2.24, 2.45) is 5.92 Å². The summed E-state index contributed by atoms with van der Waals surface area (Å²) in [7, 11) is 0. The maximum atomic E-state index is 13.5. The van der Waals surface area contributed by atoms with Gasteiger partial charge in [-0.05, 0) is 24.8 Å². The minimum absolute atomic E-state index is 0.0759. The standard InChI is InChI=1S/C17H24F2N2O2/c1-12(2)6-7-14(21-10-8-20-9-11-21)13-4-3-5-15-16(13)23-17(18,19)22-15/h3-5,12,14,20H,6-11H2,1-2H3/t14-/m1/s1. The van der Waals surface area contributed by atoms with E-state index < -0.39 is 6.29 Å². The second kappa shape index (κ2) is 6.61. The maximum absolute atomic E-state index is 13.5. The highest BCUT2D eigenvalue weighted by Gasteiger charge is 2.45. The van der Waals surface area contributed by atoms with E-state index in [0.29, 0.717) is 5.92 Å². The minimum Gasteiger partial charge on any atom is -0.395 e. The average molecular weight is 326 g/mol. The number of halogens is 2. The highest BCUT2D eigenvalue weighted by Crippen LogP contribution is 2.47. The predicted molar refractivity (Wildman–Crippen MR) is 83.9 cm³/mol. The Morgan fingerprint density at radius 2 is 1.91 bits per heavy atom. The van der Waals surface area contributed by atoms with Gasteiger partial charge in [0.2, 0.25) is 0 Å². The quantitative estimate of drug-likeness (QED) is 0.899. The average Bonchev–Trinajstić information content (AvgIpc) is 2.83. The van der Waals surface area contributed by atoms with Crippen LogP contribution in [-0.2, 0) is 0 Å². The number of nitrogens with zero attached hydrogens (tertiary/aromatic N) is 1. The van der Waals surface area contributed by atoms with Crippen molar-refractivity contribution >= 4 is 0 Å². The monoisotopic (exact) mass is 326 g/mol. The first kappa shape index (κ1) is 16.5. The molecule has 0 aromatic heterocycles. The van der Waals surface area contributed by atoms with E-state index in [4.69, 9.17) is 4.74 Å². The summed E-state index contributed by atoms with van der Waals surface area (Å²) in [6.45, 7) is 8.00. The topological polar surface area (TPSA) is 33.7 Å². The van der Waals surface area contributed by atoms with E-state index in [-0.39, 0.29) is 17.5 Å². The molecule has 3 rings (SSSR count). The van der Waals surface area contributed by atoms with Crippen LogP contribution in [-0.4, -0.2) is 37.4 Å². The van der Waals surface area contributed by atoms with Crippen molar-refractivity contribution in [3.8, 4) is 11.5 Å². The SMILES string of the molecule is CC(C)CC[C@H](c1cccc2c1OC(F)(F)O2)N1CCNCC1. The molecule has 4 nitrogen and oxygen atoms in total. The molecule has 0 bridgehead atoms. The molecule has 2 heterocycles. The molecule has 2 aliphatic rings. The van der Waals surface area contributed by atoms with Crippen LogP contribution >= 0.6 is 0 Å². The third-order valence-electron chi connectivity index (χ3n) is 4.43. The van der Waals surface area contributed by atoms with Crippen LogP contribution in [0.2, 0.25) is 0 Å². The van der Waals surface area contributed by atoms with Crippen LogP contribution in [0.5, 0.6) is 11.5 Å². The Bertz CT molecular complexity index is 545. The van der Waals surface area contributed by atoms with E-state index in [2.05, 4.69) is 28.8 Å². The summed E-state index contributed by atoms with van der Waals surface area (Å²) < 4.78 is 36.4. The van der Waals surface area contributed by atoms with Crippen LogP contribution in [0.1, 0.15) is 38.3 Å². The van der Waals surface area contributed by atoms with E-state index in [0.717, 1.165) is 44.6 Å². The molecule has 0 aliphatic carbocycles. The van der Waals surface area contributed by atoms with Gasteiger partial charge >= 0.3 is 6.29 Å². The van der Waals surface area contributed by atoms with Crippen molar-refractivity contribution in [2.45, 2.75) is 39.0 Å². The molecule has 1 atom stereocenters. The molecule has 2 aliphatic heterocycles. The fourth-order valence-electron chi connectivity index (χ4n) is 3.27. The Morgan fingerprint density at radius 3 is 2.61 bits per heavy atom. The van der Waals surface area contributed by atoms with Gasteiger partial charge in [-0.25, -0.2) is 0 Å². The molecule has 1 fully saturated rings. The molecular formula is C17H24F2N2O2. The zero-order valence-corrected chi connectivity index (χ0v) is 13.6. The van der Waals surface area contributed by atoms with Crippen LogP contribution in [0.3, 0.4) is 0 Å². The molecule has 23 heavy (non-hydrogen) atoms. The van der Waals surface area contributed by atoms with E-state index in [1.165, 1.54) is 6.07 Å². The lowest BCUT2D eigenvalue weighted by molar-refractivity contribution is -0.287. The van der Waals surface area contributed by atoms with Gasteiger partial charge in [0.05, 0.1) is 0 Å². The number of alkyl halides is 2. The van der Waals surface area contributed by atoms with E-state index >= 15 is 0 Å². The number of piperazine rings is 1. The van der Waals surface area contributed by atoms with Crippen molar-refractivity contribution in [3.63, 3.8) is 0 Å². The molecule has 128 valence electrons. The Balaban J connectivity index is 1.89. The molecule has 6 heteroatoms. The summed E-state index contributed by atoms with van der Waals surface area (Å²) in [6, 6.07) is 5.27. The van der Waals surface area contributed by atoms with Crippen molar-refractivity contribution in [2.75, 3.05) is 26.2 Å². The second-order valence-corrected chi connectivity index (χ2v) is 6.61. The molecule has 0 radical (unpaired) electrons. The normalized spacial score (nSPS) is 21.6. The van der Waals surface area contributed by atoms with Crippen LogP contribution in [0.25, 0.3) is 0 Å². The molecule has 0 unspecified atom stereocenters. The highest BCUT2D eigenvalue weighted by molar-refractivity contribution is 5.50. The third kappa shape index (κ3) is 3.75. The Hall–Kier alpha value is -1.40. The van der Waals surface area contributed by atoms with Gasteiger partial charge in [-0.2, -0.15) is 0 Å². The summed E-state index contributed by atoms with van der Waals surface area (Å²) in [5.74, 6) is 0.901. The van der Waals surface area contributed by atoms with Crippen LogP contribution in [0.15, 0.2) is 18.2 Å². The van der Waals surface area contributed by atoms with Crippen molar-refractivity contribution in [1.82, 2.24) is 10.2 Å². The number of fused-ring (bicyclic) bond motifs is 1. The van der Waals surface area contributed by atoms with Crippen LogP contribution in [0, 0.1) is 5.92 Å². The Labute approximate surface area is 135 Å². The molecule has 1 aromatic rings. The molecule has 1 N–H and O–H groups in total. The number of para-hydroxylation sites is 1. The minimum atomic E-state index is -3.56. The first-order valence-corrected chi connectivity index (χ1v) is 8.30. The van der Waals surface area contributed by atoms with E-state index in [1.807, 2.05) is 6.07 Å². The lowest BCUT2D eigenvalue weighted by Gasteiger charge is -2.36. The van der Waals surface area contributed by atoms with Gasteiger partial charge in [0.25, 0.3) is 0 Å². The van der Waals surface area contributed by atoms with Gasteiger partial charge in [-0.15, -0.1) is 8.78 Å². The first-order chi connectivity index (χ1) is 11.0. The summed E-state index contributed by atoms with van der Waals surface area (Å²) in [4.78, 5) is 2.36. The first-order valence-electron chi connectivity index (χ1n) is 8.30. The molecule has 0 amide bonds. The lowest BCUT2D eigenvalue weighted by Crippen LogP contribution is -2.45. The fourth-order valence-corrected chi connectivity index (χ4v) is 3.27. The largest absolute Gasteiger partial charge is 0.586 e. The molecule has 1 aromatic carbocycles. The number of hydrogen-bond donors (Lipinski definition) is 1. The highest BCUT2D eigenvalue weighted by atomic mass is 19.3. The van der Waals surface area contributed by atoms with Gasteiger partial charge in [0.15, 0.2) is 11.5 Å². The molecule has 0 saturated carbocycles. The van der Waals surface area contributed by atoms with Gasteiger partial charge in [-0.1, -0.05) is 26.0 Å². The smallest absolute Gasteiger partial charge is 0.395 e. The van der Waals surface area contributed by atoms with Gasteiger partial charge < -0.3 is 14.8 Å². The van der Waals surface area contributed by atoms with Crippen molar-refractivity contribution in [1.29, 1.82) is 0 Å². The third-order valence-corrected chi connectivity index (χ3v) is 4.43. The molecule has 1 saturated heterocycles. The zero-order chi connectivity index (χ0) is 16.4. The Morgan fingerprint density at radius 1 is 1.17 bits per heavy atom. The van der Waals surface area contributed by atoms with Gasteiger partial charge in [-0.3, -0.25) is 4.90 Å². The number of rotatable bonds is 5. The van der Waals surface area contributed by atoms with Gasteiger partial charge in [0.1, 0.15) is 0 Å². The van der Waals surface area contributed by atoms with Crippen molar-refractivity contribution in [3.05, 3.63) is 23.8 Å². The number of ether oxygens (including phenoxy) is 2. The number of benzene rings is 1. The second-order valence-electron chi connectivity index (χ2n) is 6.61. The van der Waals surface area contributed by atoms with E-state index in [1.54, 1.807) is 6.07 Å². The summed E-state index contributed by atoms with van der Waals surface area (Å²) in [5, 5.41) is 3.33. The lowest BCUT2D eigenvalue weighted by atomic mass is 9.95. The maximum Gasteiger partial charge on any atom is 0.586 e.